The smallest absolute Gasteiger partial charge is 0.290 e. The van der Waals surface area contributed by atoms with Gasteiger partial charge in [0.25, 0.3) is 16.0 Å². The topological polar surface area (TPSA) is 101 Å². The van der Waals surface area contributed by atoms with Crippen LogP contribution in [0.2, 0.25) is 0 Å². The quantitative estimate of drug-likeness (QED) is 0.617. The molecule has 1 N–H and O–H groups in total. The molecule has 0 bridgehead atoms. The van der Waals surface area contributed by atoms with Crippen LogP contribution >= 0.6 is 0 Å². The fourth-order valence-corrected chi connectivity index (χ4v) is 6.77. The van der Waals surface area contributed by atoms with Crippen molar-refractivity contribution in [2.24, 2.45) is 0 Å². The summed E-state index contributed by atoms with van der Waals surface area (Å²) in [6, 6.07) is 0. The number of hydrogen-bond acceptors (Lipinski definition) is 5. The molecule has 11 heteroatoms. The average molecular weight is 408 g/mol. The third kappa shape index (κ3) is 3.22. The number of ether oxygens (including phenoxy) is 1. The lowest BCUT2D eigenvalue weighted by atomic mass is 9.84. The first kappa shape index (κ1) is 22.7. The van der Waals surface area contributed by atoms with E-state index >= 15 is 8.78 Å². The largest absolute Gasteiger partial charge is 0.379 e. The first-order chi connectivity index (χ1) is 11.3. The molecule has 1 atom stereocenters. The summed E-state index contributed by atoms with van der Waals surface area (Å²) < 4.78 is 90.8. The van der Waals surface area contributed by atoms with Crippen molar-refractivity contribution < 1.29 is 34.9 Å². The minimum Gasteiger partial charge on any atom is -0.379 e. The van der Waals surface area contributed by atoms with Crippen molar-refractivity contribution in [3.8, 4) is 0 Å². The van der Waals surface area contributed by atoms with E-state index in [0.29, 0.717) is 0 Å². The number of morpholine rings is 1. The van der Waals surface area contributed by atoms with Crippen molar-refractivity contribution in [1.29, 1.82) is 0 Å². The van der Waals surface area contributed by atoms with Crippen molar-refractivity contribution in [3.05, 3.63) is 0 Å². The Labute approximate surface area is 148 Å². The molecule has 0 aromatic heterocycles. The molecule has 1 aliphatic heterocycles. The Morgan fingerprint density at radius 2 is 1.44 bits per heavy atom. The molecule has 25 heavy (non-hydrogen) atoms. The third-order valence-corrected chi connectivity index (χ3v) is 9.98. The van der Waals surface area contributed by atoms with Gasteiger partial charge < -0.3 is 4.74 Å². The SMILES string of the molecule is CCC(CC)(C(F)(F)[C@](C)(CC)S(=O)(=O)N1CCOCC1)S(=O)(=O)O. The molecule has 0 aliphatic carbocycles. The Hall–Kier alpha value is -0.360. The van der Waals surface area contributed by atoms with Crippen LogP contribution in [-0.4, -0.2) is 67.4 Å². The standard InChI is InChI=1S/C14H27F2NO6S2/c1-5-12(4,24(18,19)17-8-10-23-11-9-17)14(15,16)13(6-2,7-3)25(20,21)22/h5-11H2,1-4H3,(H,20,21,22)/t12-/m0/s1. The summed E-state index contributed by atoms with van der Waals surface area (Å²) >= 11 is 0. The Balaban J connectivity index is 3.62. The van der Waals surface area contributed by atoms with Crippen LogP contribution in [0.3, 0.4) is 0 Å². The predicted molar refractivity (Wildman–Crippen MR) is 89.8 cm³/mol. The summed E-state index contributed by atoms with van der Waals surface area (Å²) in [4.78, 5) is 0. The summed E-state index contributed by atoms with van der Waals surface area (Å²) in [5, 5.41) is 0. The second kappa shape index (κ2) is 7.34. The highest BCUT2D eigenvalue weighted by Gasteiger charge is 2.72. The second-order valence-electron chi connectivity index (χ2n) is 6.35. The van der Waals surface area contributed by atoms with Crippen LogP contribution in [0.15, 0.2) is 0 Å². The average Bonchev–Trinajstić information content (AvgIpc) is 2.54. The lowest BCUT2D eigenvalue weighted by Gasteiger charge is -2.47. The van der Waals surface area contributed by atoms with Gasteiger partial charge in [-0.15, -0.1) is 0 Å². The van der Waals surface area contributed by atoms with Crippen LogP contribution in [0, 0.1) is 0 Å². The van der Waals surface area contributed by atoms with Gasteiger partial charge in [-0.25, -0.2) is 17.2 Å². The molecule has 1 saturated heterocycles. The molecule has 1 heterocycles. The maximum Gasteiger partial charge on any atom is 0.290 e. The van der Waals surface area contributed by atoms with Crippen molar-refractivity contribution in [2.45, 2.75) is 62.4 Å². The van der Waals surface area contributed by atoms with Crippen molar-refractivity contribution in [2.75, 3.05) is 26.3 Å². The summed E-state index contributed by atoms with van der Waals surface area (Å²) in [6.45, 7) is 4.52. The maximum absolute atomic E-state index is 15.6. The lowest BCUT2D eigenvalue weighted by Crippen LogP contribution is -2.68. The molecule has 7 nitrogen and oxygen atoms in total. The van der Waals surface area contributed by atoms with Crippen LogP contribution in [0.1, 0.15) is 47.0 Å². The van der Waals surface area contributed by atoms with Crippen molar-refractivity contribution in [3.63, 3.8) is 0 Å². The van der Waals surface area contributed by atoms with Gasteiger partial charge in [-0.1, -0.05) is 20.8 Å². The van der Waals surface area contributed by atoms with Gasteiger partial charge in [0.1, 0.15) is 4.75 Å². The highest BCUT2D eigenvalue weighted by molar-refractivity contribution is 7.91. The van der Waals surface area contributed by atoms with Crippen molar-refractivity contribution >= 4 is 20.1 Å². The zero-order chi connectivity index (χ0) is 19.7. The normalized spacial score (nSPS) is 21.1. The van der Waals surface area contributed by atoms with Gasteiger partial charge in [0.2, 0.25) is 10.0 Å². The van der Waals surface area contributed by atoms with E-state index in [0.717, 1.165) is 11.2 Å². The first-order valence-electron chi connectivity index (χ1n) is 8.21. The molecule has 0 amide bonds. The Morgan fingerprint density at radius 3 is 1.76 bits per heavy atom. The molecule has 150 valence electrons. The van der Waals surface area contributed by atoms with E-state index in [1.165, 1.54) is 20.8 Å². The monoisotopic (exact) mass is 407 g/mol. The molecule has 1 fully saturated rings. The van der Waals surface area contributed by atoms with Crippen LogP contribution in [-0.2, 0) is 24.9 Å². The predicted octanol–water partition coefficient (Wildman–Crippen LogP) is 1.90. The number of alkyl halides is 2. The van der Waals surface area contributed by atoms with Crippen LogP contribution in [0.5, 0.6) is 0 Å². The number of rotatable bonds is 8. The molecule has 0 unspecified atom stereocenters. The van der Waals surface area contributed by atoms with E-state index in [4.69, 9.17) is 4.74 Å². The van der Waals surface area contributed by atoms with Crippen LogP contribution in [0.25, 0.3) is 0 Å². The first-order valence-corrected chi connectivity index (χ1v) is 11.1. The number of nitrogens with zero attached hydrogens (tertiary/aromatic N) is 1. The highest BCUT2D eigenvalue weighted by Crippen LogP contribution is 2.52. The third-order valence-electron chi connectivity index (χ3n) is 5.43. The number of hydrogen-bond donors (Lipinski definition) is 1. The van der Waals surface area contributed by atoms with Crippen LogP contribution in [0.4, 0.5) is 8.78 Å². The minimum absolute atomic E-state index is 0.0782. The fourth-order valence-electron chi connectivity index (χ4n) is 3.34. The van der Waals surface area contributed by atoms with E-state index in [2.05, 4.69) is 0 Å². The van der Waals surface area contributed by atoms with Gasteiger partial charge in [0, 0.05) is 13.1 Å². The number of halogens is 2. The summed E-state index contributed by atoms with van der Waals surface area (Å²) in [6.07, 6.45) is -1.76. The molecule has 0 aromatic carbocycles. The van der Waals surface area contributed by atoms with Gasteiger partial charge in [0.05, 0.1) is 13.2 Å². The molecule has 0 radical (unpaired) electrons. The minimum atomic E-state index is -5.23. The summed E-state index contributed by atoms with van der Waals surface area (Å²) in [5.41, 5.74) is 0. The zero-order valence-electron chi connectivity index (χ0n) is 15.0. The van der Waals surface area contributed by atoms with Crippen molar-refractivity contribution in [1.82, 2.24) is 4.31 Å². The number of sulfonamides is 1. The maximum atomic E-state index is 15.6. The highest BCUT2D eigenvalue weighted by atomic mass is 32.2. The second-order valence-corrected chi connectivity index (χ2v) is 10.5. The molecule has 1 aliphatic rings. The van der Waals surface area contributed by atoms with E-state index in [9.17, 15) is 21.4 Å². The zero-order valence-corrected chi connectivity index (χ0v) is 16.6. The molecule has 0 spiro atoms. The lowest BCUT2D eigenvalue weighted by molar-refractivity contribution is -0.0846. The molecular weight excluding hydrogens is 380 g/mol. The molecule has 0 saturated carbocycles. The van der Waals surface area contributed by atoms with Gasteiger partial charge in [-0.3, -0.25) is 4.55 Å². The fraction of sp³-hybridized carbons (Fsp3) is 1.00. The summed E-state index contributed by atoms with van der Waals surface area (Å²) in [5.74, 6) is -4.22. The van der Waals surface area contributed by atoms with Gasteiger partial charge in [-0.05, 0) is 26.2 Å². The van der Waals surface area contributed by atoms with E-state index < -0.39 is 54.8 Å². The molecule has 0 aromatic rings. The Bertz CT molecular complexity index is 669. The van der Waals surface area contributed by atoms with E-state index in [-0.39, 0.29) is 26.3 Å². The summed E-state index contributed by atoms with van der Waals surface area (Å²) in [7, 11) is -9.79. The van der Waals surface area contributed by atoms with Gasteiger partial charge >= 0.3 is 0 Å². The van der Waals surface area contributed by atoms with Gasteiger partial charge in [-0.2, -0.15) is 12.7 Å². The van der Waals surface area contributed by atoms with Gasteiger partial charge in [0.15, 0.2) is 4.75 Å². The molecule has 1 rings (SSSR count). The Morgan fingerprint density at radius 1 is 1.00 bits per heavy atom. The van der Waals surface area contributed by atoms with E-state index in [1.807, 2.05) is 0 Å². The molecular formula is C14H27F2NO6S2. The van der Waals surface area contributed by atoms with Crippen LogP contribution < -0.4 is 0 Å². The van der Waals surface area contributed by atoms with E-state index in [1.54, 1.807) is 0 Å². The Kier molecular flexibility index (Phi) is 6.66.